The maximum absolute atomic E-state index is 10.5. The van der Waals surface area contributed by atoms with Crippen LogP contribution in [0.25, 0.3) is 77.1 Å². The van der Waals surface area contributed by atoms with Crippen LogP contribution >= 0.6 is 0 Å². The molecule has 0 aliphatic carbocycles. The van der Waals surface area contributed by atoms with E-state index in [9.17, 15) is 10.5 Å². The van der Waals surface area contributed by atoms with E-state index in [0.29, 0.717) is 22.3 Å². The molecule has 236 valence electrons. The van der Waals surface area contributed by atoms with E-state index in [2.05, 4.69) is 141 Å². The van der Waals surface area contributed by atoms with Crippen LogP contribution in [0.4, 0.5) is 0 Å². The monoisotopic (exact) mass is 641 g/mol. The number of hydrogen-bond acceptors (Lipinski definition) is 3. The van der Waals surface area contributed by atoms with Crippen molar-refractivity contribution in [1.29, 1.82) is 10.5 Å². The van der Waals surface area contributed by atoms with Crippen LogP contribution in [0.1, 0.15) is 37.5 Å². The number of fused-ring (bicyclic) bond motifs is 7. The molecule has 0 aliphatic rings. The van der Waals surface area contributed by atoms with E-state index < -0.39 is 0 Å². The van der Waals surface area contributed by atoms with Crippen molar-refractivity contribution in [2.24, 2.45) is 0 Å². The second-order valence-electron chi connectivity index (χ2n) is 13.9. The van der Waals surface area contributed by atoms with Gasteiger partial charge in [0, 0.05) is 32.6 Å². The number of hydrogen-bond donors (Lipinski definition) is 0. The van der Waals surface area contributed by atoms with Crippen molar-refractivity contribution in [3.05, 3.63) is 150 Å². The Morgan fingerprint density at radius 1 is 0.500 bits per heavy atom. The minimum atomic E-state index is -0.0988. The van der Waals surface area contributed by atoms with Gasteiger partial charge in [0.05, 0.1) is 33.1 Å². The molecule has 0 amide bonds. The third-order valence-corrected chi connectivity index (χ3v) is 9.96. The highest BCUT2D eigenvalue weighted by atomic mass is 15.1. The molecular formula is C45H31N5. The molecule has 0 bridgehead atoms. The molecule has 0 saturated heterocycles. The van der Waals surface area contributed by atoms with E-state index >= 15 is 0 Å². The molecule has 5 heteroatoms. The number of aromatic nitrogens is 3. The molecule has 0 aliphatic heterocycles. The number of pyridine rings is 1. The SMILES string of the molecule is CC(C)(C)c1ccc2c(C#N)c(C#N)c(-n3c4ccccc4c4cc(-c5ccc6c7ccccc7n(-c7ccccc7)c6c5)ccc43)nc2c1. The Morgan fingerprint density at radius 3 is 1.80 bits per heavy atom. The minimum absolute atomic E-state index is 0.0988. The average Bonchev–Trinajstić information content (AvgIpc) is 3.65. The third-order valence-electron chi connectivity index (χ3n) is 9.96. The van der Waals surface area contributed by atoms with E-state index in [1.165, 1.54) is 16.3 Å². The number of para-hydroxylation sites is 3. The van der Waals surface area contributed by atoms with Crippen LogP contribution in [0.3, 0.4) is 0 Å². The summed E-state index contributed by atoms with van der Waals surface area (Å²) < 4.78 is 4.39. The number of rotatable bonds is 3. The van der Waals surface area contributed by atoms with Gasteiger partial charge in [0.25, 0.3) is 0 Å². The first kappa shape index (κ1) is 29.4. The Bertz CT molecular complexity index is 2920. The van der Waals surface area contributed by atoms with Crippen molar-refractivity contribution in [3.8, 4) is 34.8 Å². The number of nitrogens with zero attached hydrogens (tertiary/aromatic N) is 5. The molecule has 0 spiro atoms. The van der Waals surface area contributed by atoms with Gasteiger partial charge in [-0.2, -0.15) is 10.5 Å². The predicted molar refractivity (Wildman–Crippen MR) is 204 cm³/mol. The van der Waals surface area contributed by atoms with Crippen LogP contribution in [0.5, 0.6) is 0 Å². The van der Waals surface area contributed by atoms with Crippen molar-refractivity contribution in [2.75, 3.05) is 0 Å². The van der Waals surface area contributed by atoms with Gasteiger partial charge >= 0.3 is 0 Å². The maximum atomic E-state index is 10.5. The fourth-order valence-corrected chi connectivity index (χ4v) is 7.49. The van der Waals surface area contributed by atoms with E-state index in [1.54, 1.807) is 0 Å². The quantitative estimate of drug-likeness (QED) is 0.193. The first-order valence-corrected chi connectivity index (χ1v) is 16.8. The lowest BCUT2D eigenvalue weighted by Gasteiger charge is -2.20. The topological polar surface area (TPSA) is 70.3 Å². The van der Waals surface area contributed by atoms with Gasteiger partial charge in [-0.15, -0.1) is 0 Å². The van der Waals surface area contributed by atoms with E-state index in [-0.39, 0.29) is 11.0 Å². The molecule has 0 atom stereocenters. The van der Waals surface area contributed by atoms with Crippen LogP contribution in [0.15, 0.2) is 133 Å². The van der Waals surface area contributed by atoms with Crippen molar-refractivity contribution in [1.82, 2.24) is 14.1 Å². The summed E-state index contributed by atoms with van der Waals surface area (Å²) in [5.74, 6) is 0.468. The van der Waals surface area contributed by atoms with Gasteiger partial charge in [-0.05, 0) is 70.6 Å². The molecule has 0 N–H and O–H groups in total. The molecule has 5 nitrogen and oxygen atoms in total. The predicted octanol–water partition coefficient (Wildman–Crippen LogP) is 11.1. The second-order valence-corrected chi connectivity index (χ2v) is 13.9. The van der Waals surface area contributed by atoms with Crippen molar-refractivity contribution in [2.45, 2.75) is 26.2 Å². The highest BCUT2D eigenvalue weighted by molar-refractivity contribution is 6.12. The largest absolute Gasteiger partial charge is 0.309 e. The van der Waals surface area contributed by atoms with Gasteiger partial charge < -0.3 is 4.57 Å². The lowest BCUT2D eigenvalue weighted by atomic mass is 9.86. The van der Waals surface area contributed by atoms with Crippen LogP contribution < -0.4 is 0 Å². The zero-order chi connectivity index (χ0) is 34.1. The first-order valence-electron chi connectivity index (χ1n) is 16.8. The molecule has 3 heterocycles. The highest BCUT2D eigenvalue weighted by Crippen LogP contribution is 2.39. The molecule has 9 aromatic rings. The zero-order valence-corrected chi connectivity index (χ0v) is 27.9. The Kier molecular flexibility index (Phi) is 6.43. The van der Waals surface area contributed by atoms with Crippen LogP contribution in [-0.4, -0.2) is 14.1 Å². The summed E-state index contributed by atoms with van der Waals surface area (Å²) in [6.45, 7) is 6.48. The summed E-state index contributed by atoms with van der Waals surface area (Å²) in [4.78, 5) is 5.13. The van der Waals surface area contributed by atoms with Crippen molar-refractivity contribution >= 4 is 54.5 Å². The normalized spacial score (nSPS) is 11.9. The van der Waals surface area contributed by atoms with Crippen molar-refractivity contribution < 1.29 is 0 Å². The average molecular weight is 642 g/mol. The standard InChI is InChI=1S/C45H31N5/c1-45(2,3)30-19-21-32-37(26-46)38(27-47)44(48-39(32)25-30)50-41-16-10-8-14-34(41)36-23-28(18-22-42(36)50)29-17-20-35-33-13-7-9-15-40(33)49(43(35)24-29)31-11-5-4-6-12-31/h4-25H,1-3H3. The number of benzene rings is 6. The molecule has 6 aromatic carbocycles. The summed E-state index contributed by atoms with van der Waals surface area (Å²) in [5.41, 5.74) is 9.84. The fourth-order valence-electron chi connectivity index (χ4n) is 7.49. The van der Waals surface area contributed by atoms with Gasteiger partial charge in [0.15, 0.2) is 5.82 Å². The lowest BCUT2D eigenvalue weighted by Crippen LogP contribution is -2.11. The summed E-state index contributed by atoms with van der Waals surface area (Å²) in [6.07, 6.45) is 0. The second kappa shape index (κ2) is 10.9. The molecule has 0 saturated carbocycles. The van der Waals surface area contributed by atoms with Gasteiger partial charge in [-0.25, -0.2) is 4.98 Å². The smallest absolute Gasteiger partial charge is 0.157 e. The van der Waals surface area contributed by atoms with E-state index in [0.717, 1.165) is 49.7 Å². The van der Waals surface area contributed by atoms with E-state index in [1.807, 2.05) is 34.9 Å². The first-order chi connectivity index (χ1) is 24.4. The van der Waals surface area contributed by atoms with Gasteiger partial charge in [-0.1, -0.05) is 106 Å². The molecule has 50 heavy (non-hydrogen) atoms. The Hall–Kier alpha value is -6.69. The Labute approximate surface area is 289 Å². The van der Waals surface area contributed by atoms with Crippen LogP contribution in [0.2, 0.25) is 0 Å². The Balaban J connectivity index is 1.29. The minimum Gasteiger partial charge on any atom is -0.309 e. The number of nitriles is 2. The lowest BCUT2D eigenvalue weighted by molar-refractivity contribution is 0.591. The fraction of sp³-hybridized carbons (Fsp3) is 0.0889. The molecule has 3 aromatic heterocycles. The van der Waals surface area contributed by atoms with Gasteiger partial charge in [-0.3, -0.25) is 4.57 Å². The summed E-state index contributed by atoms with van der Waals surface area (Å²) >= 11 is 0. The summed E-state index contributed by atoms with van der Waals surface area (Å²) in [5, 5.41) is 26.1. The molecular weight excluding hydrogens is 611 g/mol. The maximum Gasteiger partial charge on any atom is 0.157 e. The zero-order valence-electron chi connectivity index (χ0n) is 27.9. The van der Waals surface area contributed by atoms with Crippen LogP contribution in [0, 0.1) is 22.7 Å². The Morgan fingerprint density at radius 2 is 1.08 bits per heavy atom. The third kappa shape index (κ3) is 4.34. The molecule has 0 fully saturated rings. The summed E-state index contributed by atoms with van der Waals surface area (Å²) in [6, 6.07) is 51.2. The molecule has 0 unspecified atom stereocenters. The van der Waals surface area contributed by atoms with E-state index in [4.69, 9.17) is 4.98 Å². The van der Waals surface area contributed by atoms with Crippen LogP contribution in [-0.2, 0) is 5.41 Å². The van der Waals surface area contributed by atoms with Gasteiger partial charge in [0.1, 0.15) is 17.7 Å². The van der Waals surface area contributed by atoms with Gasteiger partial charge in [0.2, 0.25) is 0 Å². The van der Waals surface area contributed by atoms with Crippen molar-refractivity contribution in [3.63, 3.8) is 0 Å². The molecule has 9 rings (SSSR count). The molecule has 0 radical (unpaired) electrons. The summed E-state index contributed by atoms with van der Waals surface area (Å²) in [7, 11) is 0. The highest BCUT2D eigenvalue weighted by Gasteiger charge is 2.23.